The van der Waals surface area contributed by atoms with Crippen LogP contribution in [0.4, 0.5) is 0 Å². The van der Waals surface area contributed by atoms with Crippen molar-refractivity contribution in [1.29, 1.82) is 0 Å². The molecule has 0 heterocycles. The smallest absolute Gasteiger partial charge is 0.870 e. The Morgan fingerprint density at radius 3 is 1.08 bits per heavy atom. The van der Waals surface area contributed by atoms with Crippen LogP contribution in [0.3, 0.4) is 0 Å². The Kier molecular flexibility index (Phi) is 35.7. The van der Waals surface area contributed by atoms with Crippen molar-refractivity contribution in [2.24, 2.45) is 0 Å². The van der Waals surface area contributed by atoms with Crippen molar-refractivity contribution in [2.45, 2.75) is 104 Å². The van der Waals surface area contributed by atoms with Gasteiger partial charge in [-0.1, -0.05) is 78.1 Å². The average Bonchev–Trinajstić information content (AvgIpc) is 2.46. The van der Waals surface area contributed by atoms with Crippen molar-refractivity contribution >= 4 is 31.7 Å². The molecule has 6 heteroatoms. The van der Waals surface area contributed by atoms with Crippen LogP contribution in [-0.2, 0) is 9.59 Å². The predicted octanol–water partition coefficient (Wildman–Crippen LogP) is 2.42. The fourth-order valence-electron chi connectivity index (χ4n) is 2.10. The van der Waals surface area contributed by atoms with Gasteiger partial charge in [0.25, 0.3) is 0 Å². The average molecular weight is 401 g/mol. The van der Waals surface area contributed by atoms with E-state index in [0.29, 0.717) is 0 Å². The Hall–Kier alpha value is -0.464. The number of rotatable bonds is 14. The summed E-state index contributed by atoms with van der Waals surface area (Å²) in [5.41, 5.74) is 0. The molecule has 0 aliphatic heterocycles. The summed E-state index contributed by atoms with van der Waals surface area (Å²) in [6.07, 6.45) is 13.9. The summed E-state index contributed by atoms with van der Waals surface area (Å²) in [7, 11) is 0. The molecule has 0 atom stereocenters. The van der Waals surface area contributed by atoms with E-state index >= 15 is 0 Å². The minimum Gasteiger partial charge on any atom is -0.870 e. The zero-order chi connectivity index (χ0) is 17.1. The maximum Gasteiger partial charge on any atom is 3.00 e. The minimum atomic E-state index is -0.916. The number of carbonyl (C=O) groups excluding carboxylic acids is 2. The maximum atomic E-state index is 9.98. The van der Waals surface area contributed by atoms with Crippen LogP contribution >= 0.6 is 0 Å². The summed E-state index contributed by atoms with van der Waals surface area (Å²) in [5, 5.41) is 20.0. The van der Waals surface area contributed by atoms with Crippen LogP contribution in [0.25, 0.3) is 0 Å². The zero-order valence-corrected chi connectivity index (χ0v) is 18.0. The SMILES string of the molecule is CCCCCCCCC(=O)[O-].CCCCCCCCC(=O)[O-].[Ga+3].[OH-]. The molecule has 0 aliphatic carbocycles. The van der Waals surface area contributed by atoms with Crippen LogP contribution in [0.1, 0.15) is 104 Å². The Bertz CT molecular complexity index is 234. The summed E-state index contributed by atoms with van der Waals surface area (Å²) < 4.78 is 0. The Morgan fingerprint density at radius 1 is 0.583 bits per heavy atom. The van der Waals surface area contributed by atoms with E-state index < -0.39 is 11.9 Å². The first-order valence-corrected chi connectivity index (χ1v) is 8.94. The van der Waals surface area contributed by atoms with E-state index in [1.54, 1.807) is 0 Å². The molecule has 0 bridgehead atoms. The Balaban J connectivity index is -0.000000154. The van der Waals surface area contributed by atoms with Crippen molar-refractivity contribution in [1.82, 2.24) is 0 Å². The third-order valence-corrected chi connectivity index (χ3v) is 3.47. The number of hydrogen-bond donors (Lipinski definition) is 0. The van der Waals surface area contributed by atoms with E-state index in [-0.39, 0.29) is 38.1 Å². The molecule has 0 saturated heterocycles. The summed E-state index contributed by atoms with van der Waals surface area (Å²) in [6.45, 7) is 4.34. The molecular weight excluding hydrogens is 366 g/mol. The summed E-state index contributed by atoms with van der Waals surface area (Å²) in [4.78, 5) is 20.0. The number of carboxylic acid groups (broad SMARTS) is 2. The summed E-state index contributed by atoms with van der Waals surface area (Å²) >= 11 is 0. The topological polar surface area (TPSA) is 110 Å². The fourth-order valence-corrected chi connectivity index (χ4v) is 2.10. The van der Waals surface area contributed by atoms with E-state index in [0.717, 1.165) is 25.7 Å². The van der Waals surface area contributed by atoms with Crippen LogP contribution < -0.4 is 10.2 Å². The molecule has 24 heavy (non-hydrogen) atoms. The maximum absolute atomic E-state index is 9.98. The first-order valence-electron chi connectivity index (χ1n) is 8.94. The molecule has 0 radical (unpaired) electrons. The minimum absolute atomic E-state index is 0. The second-order valence-corrected chi connectivity index (χ2v) is 5.78. The zero-order valence-electron chi connectivity index (χ0n) is 15.6. The van der Waals surface area contributed by atoms with E-state index in [2.05, 4.69) is 13.8 Å². The van der Waals surface area contributed by atoms with Gasteiger partial charge < -0.3 is 25.3 Å². The third-order valence-electron chi connectivity index (χ3n) is 3.47. The molecule has 0 saturated carbocycles. The normalized spacial score (nSPS) is 9.08. The van der Waals surface area contributed by atoms with Gasteiger partial charge in [-0.25, -0.2) is 0 Å². The van der Waals surface area contributed by atoms with E-state index in [1.807, 2.05) is 0 Å². The van der Waals surface area contributed by atoms with Gasteiger partial charge in [-0.2, -0.15) is 0 Å². The molecule has 5 nitrogen and oxygen atoms in total. The number of aliphatic carboxylic acids is 2. The van der Waals surface area contributed by atoms with Crippen molar-refractivity contribution in [3.63, 3.8) is 0 Å². The monoisotopic (exact) mass is 400 g/mol. The molecule has 0 aromatic carbocycles. The van der Waals surface area contributed by atoms with Gasteiger partial charge in [0.1, 0.15) is 0 Å². The molecule has 140 valence electrons. The van der Waals surface area contributed by atoms with Crippen molar-refractivity contribution in [3.05, 3.63) is 0 Å². The van der Waals surface area contributed by atoms with Crippen LogP contribution in [0.2, 0.25) is 0 Å². The van der Waals surface area contributed by atoms with Crippen LogP contribution in [0, 0.1) is 0 Å². The Labute approximate surface area is 161 Å². The first-order chi connectivity index (χ1) is 10.5. The molecule has 0 rings (SSSR count). The number of unbranched alkanes of at least 4 members (excludes halogenated alkanes) is 10. The van der Waals surface area contributed by atoms with E-state index in [9.17, 15) is 19.8 Å². The Morgan fingerprint density at radius 2 is 0.833 bits per heavy atom. The molecule has 0 aliphatic rings. The van der Waals surface area contributed by atoms with Gasteiger partial charge in [0.15, 0.2) is 0 Å². The second kappa shape index (κ2) is 27.4. The summed E-state index contributed by atoms with van der Waals surface area (Å²) in [6, 6.07) is 0. The largest absolute Gasteiger partial charge is 3.00 e. The molecule has 0 amide bonds. The van der Waals surface area contributed by atoms with Gasteiger partial charge in [0.2, 0.25) is 0 Å². The van der Waals surface area contributed by atoms with Gasteiger partial charge in [-0.15, -0.1) is 0 Å². The molecule has 0 aromatic rings. The number of hydrogen-bond acceptors (Lipinski definition) is 5. The van der Waals surface area contributed by atoms with Crippen molar-refractivity contribution in [2.75, 3.05) is 0 Å². The second-order valence-electron chi connectivity index (χ2n) is 5.78. The number of carbonyl (C=O) groups is 2. The van der Waals surface area contributed by atoms with Crippen LogP contribution in [0.5, 0.6) is 0 Å². The van der Waals surface area contributed by atoms with Gasteiger partial charge in [0.05, 0.1) is 0 Å². The van der Waals surface area contributed by atoms with Crippen molar-refractivity contribution < 1.29 is 25.3 Å². The fraction of sp³-hybridized carbons (Fsp3) is 0.889. The quantitative estimate of drug-likeness (QED) is 0.328. The van der Waals surface area contributed by atoms with Gasteiger partial charge in [-0.05, 0) is 25.7 Å². The predicted molar refractivity (Wildman–Crippen MR) is 93.7 cm³/mol. The van der Waals surface area contributed by atoms with Crippen LogP contribution in [-0.4, -0.2) is 37.2 Å². The third kappa shape index (κ3) is 37.6. The first kappa shape index (κ1) is 31.3. The molecular formula is C18H35GaO5. The van der Waals surface area contributed by atoms with E-state index in [4.69, 9.17) is 0 Å². The van der Waals surface area contributed by atoms with Gasteiger partial charge >= 0.3 is 19.8 Å². The summed E-state index contributed by atoms with van der Waals surface area (Å²) in [5.74, 6) is -1.83. The molecule has 1 N–H and O–H groups in total. The standard InChI is InChI=1S/2C9H18O2.Ga.H2O/c2*1-2-3-4-5-6-7-8-9(10)11;;/h2*2-8H2,1H3,(H,10,11);;1H2/q;;+3;/p-3. The van der Waals surface area contributed by atoms with Gasteiger partial charge in [-0.3, -0.25) is 0 Å². The molecule has 0 spiro atoms. The number of carboxylic acids is 2. The van der Waals surface area contributed by atoms with Crippen molar-refractivity contribution in [3.8, 4) is 0 Å². The van der Waals surface area contributed by atoms with Crippen LogP contribution in [0.15, 0.2) is 0 Å². The molecule has 0 fully saturated rings. The van der Waals surface area contributed by atoms with E-state index in [1.165, 1.54) is 51.4 Å². The van der Waals surface area contributed by atoms with Gasteiger partial charge in [0, 0.05) is 11.9 Å². The molecule has 0 unspecified atom stereocenters. The molecule has 0 aromatic heterocycles.